The minimum Gasteiger partial charge on any atom is -0.481 e. The molecule has 0 aliphatic carbocycles. The molecule has 5 nitrogen and oxygen atoms in total. The minimum atomic E-state index is -0.845. The van der Waals surface area contributed by atoms with Gasteiger partial charge in [0.2, 0.25) is 5.91 Å². The number of nitrogens with zero attached hydrogens (tertiary/aromatic N) is 2. The van der Waals surface area contributed by atoms with E-state index in [0.717, 1.165) is 38.9 Å². The van der Waals surface area contributed by atoms with Gasteiger partial charge in [-0.1, -0.05) is 20.8 Å². The minimum absolute atomic E-state index is 0.0332. The van der Waals surface area contributed by atoms with Gasteiger partial charge < -0.3 is 14.9 Å². The lowest BCUT2D eigenvalue weighted by Gasteiger charge is -2.23. The van der Waals surface area contributed by atoms with Gasteiger partial charge in [-0.3, -0.25) is 9.59 Å². The second kappa shape index (κ2) is 11.7. The molecule has 0 radical (unpaired) electrons. The zero-order valence-electron chi connectivity index (χ0n) is 13.2. The SMILES string of the molecule is CCCC(=O)N(CCCCN(CC)CC)CCC(=O)O. The molecule has 0 unspecified atom stereocenters. The maximum atomic E-state index is 11.9. The number of aliphatic carboxylic acids is 1. The fourth-order valence-electron chi connectivity index (χ4n) is 2.14. The molecule has 0 fully saturated rings. The van der Waals surface area contributed by atoms with Crippen molar-refractivity contribution in [3.8, 4) is 0 Å². The Balaban J connectivity index is 4.08. The quantitative estimate of drug-likeness (QED) is 0.559. The van der Waals surface area contributed by atoms with Crippen LogP contribution in [0.15, 0.2) is 0 Å². The Morgan fingerprint density at radius 2 is 1.50 bits per heavy atom. The molecule has 0 bridgehead atoms. The highest BCUT2D eigenvalue weighted by molar-refractivity contribution is 5.76. The Labute approximate surface area is 122 Å². The maximum absolute atomic E-state index is 11.9. The molecule has 1 N–H and O–H groups in total. The molecule has 0 rings (SSSR count). The number of hydrogen-bond donors (Lipinski definition) is 1. The van der Waals surface area contributed by atoms with Crippen LogP contribution in [0.2, 0.25) is 0 Å². The van der Waals surface area contributed by atoms with Gasteiger partial charge in [0.15, 0.2) is 0 Å². The highest BCUT2D eigenvalue weighted by Crippen LogP contribution is 2.04. The van der Waals surface area contributed by atoms with Crippen LogP contribution in [0, 0.1) is 0 Å². The standard InChI is InChI=1S/C15H30N2O3/c1-4-9-14(18)17(13-10-15(19)20)12-8-7-11-16(5-2)6-3/h4-13H2,1-3H3,(H,19,20). The van der Waals surface area contributed by atoms with Gasteiger partial charge >= 0.3 is 5.97 Å². The van der Waals surface area contributed by atoms with E-state index < -0.39 is 5.97 Å². The van der Waals surface area contributed by atoms with Crippen LogP contribution in [-0.2, 0) is 9.59 Å². The van der Waals surface area contributed by atoms with Crippen LogP contribution in [-0.4, -0.2) is 59.5 Å². The molecule has 0 aliphatic heterocycles. The van der Waals surface area contributed by atoms with Crippen molar-refractivity contribution in [1.29, 1.82) is 0 Å². The van der Waals surface area contributed by atoms with E-state index in [2.05, 4.69) is 18.7 Å². The maximum Gasteiger partial charge on any atom is 0.305 e. The van der Waals surface area contributed by atoms with Gasteiger partial charge in [0.05, 0.1) is 6.42 Å². The number of carboxylic acids is 1. The summed E-state index contributed by atoms with van der Waals surface area (Å²) in [6.07, 6.45) is 3.33. The van der Waals surface area contributed by atoms with Crippen molar-refractivity contribution in [2.24, 2.45) is 0 Å². The van der Waals surface area contributed by atoms with Crippen LogP contribution in [0.4, 0.5) is 0 Å². The molecule has 0 aromatic carbocycles. The Morgan fingerprint density at radius 1 is 0.900 bits per heavy atom. The number of hydrogen-bond acceptors (Lipinski definition) is 3. The fourth-order valence-corrected chi connectivity index (χ4v) is 2.14. The first-order valence-electron chi connectivity index (χ1n) is 7.77. The van der Waals surface area contributed by atoms with Crippen molar-refractivity contribution < 1.29 is 14.7 Å². The summed E-state index contributed by atoms with van der Waals surface area (Å²) in [6.45, 7) is 10.4. The monoisotopic (exact) mass is 286 g/mol. The van der Waals surface area contributed by atoms with Crippen LogP contribution in [0.3, 0.4) is 0 Å². The first-order chi connectivity index (χ1) is 9.54. The van der Waals surface area contributed by atoms with E-state index in [0.29, 0.717) is 19.5 Å². The summed E-state index contributed by atoms with van der Waals surface area (Å²) >= 11 is 0. The Morgan fingerprint density at radius 3 is 2.00 bits per heavy atom. The summed E-state index contributed by atoms with van der Waals surface area (Å²) in [7, 11) is 0. The van der Waals surface area contributed by atoms with Crippen LogP contribution in [0.5, 0.6) is 0 Å². The number of amides is 1. The summed E-state index contributed by atoms with van der Waals surface area (Å²) in [5.41, 5.74) is 0. The molecule has 5 heteroatoms. The molecule has 0 spiro atoms. The van der Waals surface area contributed by atoms with E-state index in [-0.39, 0.29) is 12.3 Å². The molecule has 1 amide bonds. The van der Waals surface area contributed by atoms with Crippen molar-refractivity contribution in [2.75, 3.05) is 32.7 Å². The van der Waals surface area contributed by atoms with Gasteiger partial charge in [0, 0.05) is 19.5 Å². The zero-order chi connectivity index (χ0) is 15.4. The molecule has 118 valence electrons. The molecule has 0 saturated carbocycles. The molecule has 20 heavy (non-hydrogen) atoms. The smallest absolute Gasteiger partial charge is 0.305 e. The van der Waals surface area contributed by atoms with E-state index in [4.69, 9.17) is 5.11 Å². The first-order valence-corrected chi connectivity index (χ1v) is 7.77. The largest absolute Gasteiger partial charge is 0.481 e. The molecule has 0 aromatic heterocycles. The third kappa shape index (κ3) is 8.91. The highest BCUT2D eigenvalue weighted by atomic mass is 16.4. The summed E-state index contributed by atoms with van der Waals surface area (Å²) in [4.78, 5) is 26.6. The van der Waals surface area contributed by atoms with Gasteiger partial charge in [-0.15, -0.1) is 0 Å². The van der Waals surface area contributed by atoms with E-state index in [9.17, 15) is 9.59 Å². The summed E-state index contributed by atoms with van der Waals surface area (Å²) < 4.78 is 0. The second-order valence-corrected chi connectivity index (χ2v) is 5.01. The average Bonchev–Trinajstić information content (AvgIpc) is 2.42. The number of carbonyl (C=O) groups excluding carboxylic acids is 1. The van der Waals surface area contributed by atoms with Gasteiger partial charge in [0.25, 0.3) is 0 Å². The molecule has 0 heterocycles. The lowest BCUT2D eigenvalue weighted by Crippen LogP contribution is -2.34. The van der Waals surface area contributed by atoms with Gasteiger partial charge in [-0.2, -0.15) is 0 Å². The van der Waals surface area contributed by atoms with E-state index >= 15 is 0 Å². The van der Waals surface area contributed by atoms with Crippen molar-refractivity contribution in [3.63, 3.8) is 0 Å². The van der Waals surface area contributed by atoms with Gasteiger partial charge in [-0.05, 0) is 38.9 Å². The van der Waals surface area contributed by atoms with E-state index in [1.165, 1.54) is 0 Å². The second-order valence-electron chi connectivity index (χ2n) is 5.01. The molecule has 0 aromatic rings. The number of carbonyl (C=O) groups is 2. The topological polar surface area (TPSA) is 60.9 Å². The number of carboxylic acid groups (broad SMARTS) is 1. The highest BCUT2D eigenvalue weighted by Gasteiger charge is 2.13. The molecular formula is C15H30N2O3. The Bertz CT molecular complexity index is 278. The Kier molecular flexibility index (Phi) is 11.1. The summed E-state index contributed by atoms with van der Waals surface area (Å²) in [6, 6.07) is 0. The summed E-state index contributed by atoms with van der Waals surface area (Å²) in [5, 5.41) is 8.74. The third-order valence-electron chi connectivity index (χ3n) is 3.46. The van der Waals surface area contributed by atoms with Gasteiger partial charge in [0.1, 0.15) is 0 Å². The molecule has 0 saturated heterocycles. The predicted molar refractivity (Wildman–Crippen MR) is 80.8 cm³/mol. The number of unbranched alkanes of at least 4 members (excludes halogenated alkanes) is 1. The molecule has 0 aliphatic rings. The van der Waals surface area contributed by atoms with Crippen LogP contribution in [0.25, 0.3) is 0 Å². The van der Waals surface area contributed by atoms with Crippen molar-refractivity contribution in [1.82, 2.24) is 9.80 Å². The fraction of sp³-hybridized carbons (Fsp3) is 0.867. The third-order valence-corrected chi connectivity index (χ3v) is 3.46. The van der Waals surface area contributed by atoms with Crippen LogP contribution in [0.1, 0.15) is 52.9 Å². The normalized spacial score (nSPS) is 10.8. The van der Waals surface area contributed by atoms with Crippen LogP contribution >= 0.6 is 0 Å². The lowest BCUT2D eigenvalue weighted by molar-refractivity contribution is -0.138. The molecule has 0 atom stereocenters. The van der Waals surface area contributed by atoms with E-state index in [1.807, 2.05) is 6.92 Å². The predicted octanol–water partition coefficient (Wildman–Crippen LogP) is 2.21. The Hall–Kier alpha value is -1.10. The zero-order valence-corrected chi connectivity index (χ0v) is 13.2. The van der Waals surface area contributed by atoms with Crippen molar-refractivity contribution in [2.45, 2.75) is 52.9 Å². The van der Waals surface area contributed by atoms with E-state index in [1.54, 1.807) is 4.90 Å². The number of rotatable bonds is 12. The van der Waals surface area contributed by atoms with Gasteiger partial charge in [-0.25, -0.2) is 0 Å². The first kappa shape index (κ1) is 18.9. The van der Waals surface area contributed by atoms with Crippen molar-refractivity contribution in [3.05, 3.63) is 0 Å². The summed E-state index contributed by atoms with van der Waals surface area (Å²) in [5.74, 6) is -0.765. The van der Waals surface area contributed by atoms with Crippen molar-refractivity contribution >= 4 is 11.9 Å². The van der Waals surface area contributed by atoms with Crippen LogP contribution < -0.4 is 0 Å². The average molecular weight is 286 g/mol. The lowest BCUT2D eigenvalue weighted by atomic mass is 10.2. The molecular weight excluding hydrogens is 256 g/mol.